The SMILES string of the molecule is CCCCCC(C)NC1CSc2ccccc21. The Bertz CT molecular complexity index is 351. The molecule has 0 amide bonds. The molecule has 0 fully saturated rings. The number of benzene rings is 1. The molecule has 2 rings (SSSR count). The summed E-state index contributed by atoms with van der Waals surface area (Å²) in [5.41, 5.74) is 1.50. The highest BCUT2D eigenvalue weighted by molar-refractivity contribution is 7.99. The highest BCUT2D eigenvalue weighted by atomic mass is 32.2. The summed E-state index contributed by atoms with van der Waals surface area (Å²) in [5.74, 6) is 1.19. The molecule has 0 spiro atoms. The number of nitrogens with one attached hydrogen (secondary N) is 1. The van der Waals surface area contributed by atoms with Crippen molar-refractivity contribution >= 4 is 11.8 Å². The molecule has 1 aliphatic rings. The first-order valence-electron chi connectivity index (χ1n) is 6.79. The van der Waals surface area contributed by atoms with Crippen molar-refractivity contribution in [3.05, 3.63) is 29.8 Å². The first-order chi connectivity index (χ1) is 8.31. The lowest BCUT2D eigenvalue weighted by Crippen LogP contribution is -2.30. The van der Waals surface area contributed by atoms with E-state index in [1.807, 2.05) is 11.8 Å². The van der Waals surface area contributed by atoms with E-state index in [0.29, 0.717) is 12.1 Å². The van der Waals surface area contributed by atoms with Gasteiger partial charge in [-0.15, -0.1) is 11.8 Å². The van der Waals surface area contributed by atoms with E-state index in [-0.39, 0.29) is 0 Å². The molecule has 17 heavy (non-hydrogen) atoms. The predicted molar refractivity (Wildman–Crippen MR) is 76.6 cm³/mol. The maximum atomic E-state index is 3.77. The van der Waals surface area contributed by atoms with Crippen LogP contribution in [0.15, 0.2) is 29.2 Å². The van der Waals surface area contributed by atoms with Crippen LogP contribution in [0.1, 0.15) is 51.1 Å². The molecule has 1 aliphatic heterocycles. The molecule has 0 bridgehead atoms. The summed E-state index contributed by atoms with van der Waals surface area (Å²) in [6.07, 6.45) is 5.33. The quantitative estimate of drug-likeness (QED) is 0.750. The van der Waals surface area contributed by atoms with Gasteiger partial charge in [-0.2, -0.15) is 0 Å². The van der Waals surface area contributed by atoms with Crippen LogP contribution in [0.5, 0.6) is 0 Å². The molecule has 0 saturated carbocycles. The molecule has 94 valence electrons. The van der Waals surface area contributed by atoms with E-state index in [9.17, 15) is 0 Å². The van der Waals surface area contributed by atoms with Gasteiger partial charge in [0.05, 0.1) is 0 Å². The van der Waals surface area contributed by atoms with Crippen molar-refractivity contribution in [3.63, 3.8) is 0 Å². The summed E-state index contributed by atoms with van der Waals surface area (Å²) in [4.78, 5) is 1.46. The summed E-state index contributed by atoms with van der Waals surface area (Å²) in [7, 11) is 0. The first kappa shape index (κ1) is 13.0. The Hall–Kier alpha value is -0.470. The monoisotopic (exact) mass is 249 g/mol. The zero-order valence-electron chi connectivity index (χ0n) is 10.9. The fraction of sp³-hybridized carbons (Fsp3) is 0.600. The minimum atomic E-state index is 0.563. The molecule has 1 N–H and O–H groups in total. The van der Waals surface area contributed by atoms with Crippen molar-refractivity contribution in [1.82, 2.24) is 5.32 Å². The Morgan fingerprint density at radius 1 is 1.35 bits per heavy atom. The summed E-state index contributed by atoms with van der Waals surface area (Å²) in [6.45, 7) is 4.59. The van der Waals surface area contributed by atoms with Crippen molar-refractivity contribution in [3.8, 4) is 0 Å². The van der Waals surface area contributed by atoms with E-state index in [0.717, 1.165) is 0 Å². The van der Waals surface area contributed by atoms with Gasteiger partial charge in [0.25, 0.3) is 0 Å². The van der Waals surface area contributed by atoms with Crippen molar-refractivity contribution in [1.29, 1.82) is 0 Å². The minimum absolute atomic E-state index is 0.563. The molecule has 0 saturated heterocycles. The fourth-order valence-corrected chi connectivity index (χ4v) is 3.60. The number of hydrogen-bond acceptors (Lipinski definition) is 2. The van der Waals surface area contributed by atoms with Crippen LogP contribution in [-0.4, -0.2) is 11.8 Å². The lowest BCUT2D eigenvalue weighted by atomic mass is 10.1. The highest BCUT2D eigenvalue weighted by Crippen LogP contribution is 2.38. The molecule has 2 atom stereocenters. The van der Waals surface area contributed by atoms with Crippen molar-refractivity contribution in [2.45, 2.75) is 56.5 Å². The van der Waals surface area contributed by atoms with E-state index >= 15 is 0 Å². The predicted octanol–water partition coefficient (Wildman–Crippen LogP) is 4.39. The third-order valence-electron chi connectivity index (χ3n) is 3.43. The van der Waals surface area contributed by atoms with Crippen molar-refractivity contribution in [2.24, 2.45) is 0 Å². The van der Waals surface area contributed by atoms with Crippen LogP contribution in [0.25, 0.3) is 0 Å². The summed E-state index contributed by atoms with van der Waals surface area (Å²) < 4.78 is 0. The van der Waals surface area contributed by atoms with Gasteiger partial charge in [-0.25, -0.2) is 0 Å². The first-order valence-corrected chi connectivity index (χ1v) is 7.77. The molecule has 2 unspecified atom stereocenters. The van der Waals surface area contributed by atoms with Crippen LogP contribution < -0.4 is 5.32 Å². The molecule has 0 aliphatic carbocycles. The molecule has 2 heteroatoms. The van der Waals surface area contributed by atoms with Gasteiger partial charge in [0.15, 0.2) is 0 Å². The molecule has 0 radical (unpaired) electrons. The van der Waals surface area contributed by atoms with Crippen LogP contribution >= 0.6 is 11.8 Å². The average molecular weight is 249 g/mol. The normalized spacial score (nSPS) is 20.2. The van der Waals surface area contributed by atoms with Crippen LogP contribution in [0, 0.1) is 0 Å². The minimum Gasteiger partial charge on any atom is -0.307 e. The summed E-state index contributed by atoms with van der Waals surface area (Å²) in [6, 6.07) is 10.0. The van der Waals surface area contributed by atoms with Crippen molar-refractivity contribution < 1.29 is 0 Å². The average Bonchev–Trinajstić information content (AvgIpc) is 2.73. The second kappa shape index (κ2) is 6.46. The van der Waals surface area contributed by atoms with E-state index in [1.165, 1.54) is 41.9 Å². The van der Waals surface area contributed by atoms with Gasteiger partial charge in [0.1, 0.15) is 0 Å². The molecule has 0 aromatic heterocycles. The van der Waals surface area contributed by atoms with Gasteiger partial charge >= 0.3 is 0 Å². The second-order valence-corrected chi connectivity index (χ2v) is 6.03. The summed E-state index contributed by atoms with van der Waals surface area (Å²) in [5, 5.41) is 3.77. The number of unbranched alkanes of at least 4 members (excludes halogenated alkanes) is 2. The van der Waals surface area contributed by atoms with E-state index in [1.54, 1.807) is 0 Å². The van der Waals surface area contributed by atoms with Crippen molar-refractivity contribution in [2.75, 3.05) is 5.75 Å². The summed E-state index contributed by atoms with van der Waals surface area (Å²) >= 11 is 1.98. The smallest absolute Gasteiger partial charge is 0.0428 e. The molecule has 1 aromatic rings. The molecule has 1 aromatic carbocycles. The van der Waals surface area contributed by atoms with Gasteiger partial charge in [0, 0.05) is 22.7 Å². The van der Waals surface area contributed by atoms with Gasteiger partial charge < -0.3 is 5.32 Å². The second-order valence-electron chi connectivity index (χ2n) is 4.96. The van der Waals surface area contributed by atoms with E-state index < -0.39 is 0 Å². The lowest BCUT2D eigenvalue weighted by Gasteiger charge is -2.19. The largest absolute Gasteiger partial charge is 0.307 e. The Morgan fingerprint density at radius 3 is 3.00 bits per heavy atom. The standard InChI is InChI=1S/C15H23NS/c1-3-4-5-8-12(2)16-14-11-17-15-10-7-6-9-13(14)15/h6-7,9-10,12,14,16H,3-5,8,11H2,1-2H3. The molecule has 1 nitrogen and oxygen atoms in total. The third kappa shape index (κ3) is 3.49. The van der Waals surface area contributed by atoms with Crippen LogP contribution in [-0.2, 0) is 0 Å². The van der Waals surface area contributed by atoms with E-state index in [4.69, 9.17) is 0 Å². The fourth-order valence-electron chi connectivity index (χ4n) is 2.43. The van der Waals surface area contributed by atoms with Gasteiger partial charge in [-0.05, 0) is 25.0 Å². The van der Waals surface area contributed by atoms with Crippen LogP contribution in [0.4, 0.5) is 0 Å². The Kier molecular flexibility index (Phi) is 4.93. The maximum Gasteiger partial charge on any atom is 0.0428 e. The number of rotatable bonds is 6. The van der Waals surface area contributed by atoms with Crippen LogP contribution in [0.2, 0.25) is 0 Å². The zero-order valence-corrected chi connectivity index (χ0v) is 11.7. The van der Waals surface area contributed by atoms with E-state index in [2.05, 4.69) is 43.4 Å². The van der Waals surface area contributed by atoms with Gasteiger partial charge in [-0.1, -0.05) is 44.4 Å². The van der Waals surface area contributed by atoms with Crippen LogP contribution in [0.3, 0.4) is 0 Å². The lowest BCUT2D eigenvalue weighted by molar-refractivity contribution is 0.444. The third-order valence-corrected chi connectivity index (χ3v) is 4.61. The molecular weight excluding hydrogens is 226 g/mol. The number of hydrogen-bond donors (Lipinski definition) is 1. The van der Waals surface area contributed by atoms with Gasteiger partial charge in [-0.3, -0.25) is 0 Å². The molecular formula is C15H23NS. The number of fused-ring (bicyclic) bond motifs is 1. The zero-order chi connectivity index (χ0) is 12.1. The Balaban J connectivity index is 1.84. The maximum absolute atomic E-state index is 3.77. The Morgan fingerprint density at radius 2 is 2.18 bits per heavy atom. The van der Waals surface area contributed by atoms with Gasteiger partial charge in [0.2, 0.25) is 0 Å². The molecule has 1 heterocycles. The Labute approximate surface area is 109 Å². The topological polar surface area (TPSA) is 12.0 Å². The number of thioether (sulfide) groups is 1. The highest BCUT2D eigenvalue weighted by Gasteiger charge is 2.23.